The molecule has 1 unspecified atom stereocenters. The van der Waals surface area contributed by atoms with Gasteiger partial charge in [0.05, 0.1) is 11.1 Å². The highest BCUT2D eigenvalue weighted by Gasteiger charge is 2.40. The number of likely N-dealkylation sites (tertiary alicyclic amines) is 1. The molecule has 0 aromatic heterocycles. The lowest BCUT2D eigenvalue weighted by Gasteiger charge is -2.30. The molecule has 162 valence electrons. The molecule has 0 saturated carbocycles. The molecule has 1 fully saturated rings. The summed E-state index contributed by atoms with van der Waals surface area (Å²) in [6.07, 6.45) is 2.32. The number of fused-ring (bicyclic) bond motifs is 1. The molecule has 3 rings (SSSR count). The van der Waals surface area contributed by atoms with Gasteiger partial charge in [0.2, 0.25) is 0 Å². The predicted octanol–water partition coefficient (Wildman–Crippen LogP) is 2.12. The van der Waals surface area contributed by atoms with Crippen molar-refractivity contribution >= 4 is 23.9 Å². The Morgan fingerprint density at radius 1 is 1.03 bits per heavy atom. The average molecular weight is 417 g/mol. The Labute approximate surface area is 175 Å². The number of carbonyl (C=O) groups is 4. The van der Waals surface area contributed by atoms with Crippen molar-refractivity contribution in [1.29, 1.82) is 0 Å². The van der Waals surface area contributed by atoms with E-state index in [1.165, 1.54) is 12.1 Å². The van der Waals surface area contributed by atoms with Crippen LogP contribution in [0.4, 0.5) is 4.79 Å². The molecule has 0 bridgehead atoms. The monoisotopic (exact) mass is 417 g/mol. The van der Waals surface area contributed by atoms with E-state index in [4.69, 9.17) is 9.57 Å². The lowest BCUT2D eigenvalue weighted by atomic mass is 10.1. The Bertz CT molecular complexity index is 806. The number of imide groups is 1. The zero-order valence-corrected chi connectivity index (χ0v) is 17.5. The number of nitrogens with zero attached hydrogens (tertiary/aromatic N) is 2. The molecule has 1 aromatic carbocycles. The van der Waals surface area contributed by atoms with Crippen LogP contribution in [0.2, 0.25) is 0 Å². The number of hydroxylamine groups is 2. The summed E-state index contributed by atoms with van der Waals surface area (Å²) < 4.78 is 5.25. The zero-order chi connectivity index (χ0) is 21.9. The molecular weight excluding hydrogens is 390 g/mol. The summed E-state index contributed by atoms with van der Waals surface area (Å²) in [7, 11) is 0. The van der Waals surface area contributed by atoms with E-state index in [9.17, 15) is 19.2 Å². The van der Waals surface area contributed by atoms with Crippen LogP contribution in [0, 0.1) is 0 Å². The number of hydrogen-bond donors (Lipinski definition) is 1. The SMILES string of the molecule is CC(C)(C)OC(=O)NC(CN1CCCCC1)C(=O)ON1C(=O)c2ccccc2C1=O. The van der Waals surface area contributed by atoms with E-state index in [0.29, 0.717) is 5.06 Å². The number of rotatable bonds is 5. The van der Waals surface area contributed by atoms with E-state index in [2.05, 4.69) is 5.32 Å². The fourth-order valence-corrected chi connectivity index (χ4v) is 3.43. The fraction of sp³-hybridized carbons (Fsp3) is 0.524. The molecule has 0 aliphatic carbocycles. The Morgan fingerprint density at radius 2 is 1.60 bits per heavy atom. The highest BCUT2D eigenvalue weighted by atomic mass is 16.7. The van der Waals surface area contributed by atoms with Gasteiger partial charge in [-0.2, -0.15) is 0 Å². The van der Waals surface area contributed by atoms with Gasteiger partial charge in [0, 0.05) is 6.54 Å². The van der Waals surface area contributed by atoms with Gasteiger partial charge >= 0.3 is 12.1 Å². The van der Waals surface area contributed by atoms with Crippen LogP contribution in [-0.4, -0.2) is 65.1 Å². The Kier molecular flexibility index (Phi) is 6.40. The Morgan fingerprint density at radius 3 is 2.13 bits per heavy atom. The molecule has 1 atom stereocenters. The second-order valence-corrected chi connectivity index (χ2v) is 8.42. The standard InChI is InChI=1S/C21H27N3O6/c1-21(2,3)29-20(28)22-16(13-23-11-7-4-8-12-23)19(27)30-24-17(25)14-9-5-6-10-15(14)18(24)26/h5-6,9-10,16H,4,7-8,11-13H2,1-3H3,(H,22,28). The van der Waals surface area contributed by atoms with Gasteiger partial charge in [-0.05, 0) is 58.8 Å². The first-order valence-corrected chi connectivity index (χ1v) is 10.1. The third-order valence-corrected chi connectivity index (χ3v) is 4.80. The summed E-state index contributed by atoms with van der Waals surface area (Å²) in [5, 5.41) is 2.97. The molecule has 0 radical (unpaired) electrons. The number of hydrogen-bond acceptors (Lipinski definition) is 7. The maximum atomic E-state index is 12.9. The molecule has 9 nitrogen and oxygen atoms in total. The summed E-state index contributed by atoms with van der Waals surface area (Å²) in [5.41, 5.74) is -0.405. The Hall–Kier alpha value is -2.94. The molecule has 30 heavy (non-hydrogen) atoms. The number of piperidine rings is 1. The van der Waals surface area contributed by atoms with E-state index in [0.717, 1.165) is 32.4 Å². The van der Waals surface area contributed by atoms with Crippen LogP contribution in [0.5, 0.6) is 0 Å². The van der Waals surface area contributed by atoms with Crippen LogP contribution >= 0.6 is 0 Å². The van der Waals surface area contributed by atoms with Gasteiger partial charge in [-0.15, -0.1) is 0 Å². The molecule has 0 spiro atoms. The van der Waals surface area contributed by atoms with E-state index >= 15 is 0 Å². The Balaban J connectivity index is 1.72. The number of benzene rings is 1. The second kappa shape index (κ2) is 8.83. The van der Waals surface area contributed by atoms with Gasteiger partial charge in [-0.25, -0.2) is 9.59 Å². The van der Waals surface area contributed by atoms with Crippen molar-refractivity contribution in [2.24, 2.45) is 0 Å². The van der Waals surface area contributed by atoms with Crippen molar-refractivity contribution in [3.63, 3.8) is 0 Å². The smallest absolute Gasteiger partial charge is 0.408 e. The number of amides is 3. The lowest BCUT2D eigenvalue weighted by Crippen LogP contribution is -2.52. The first-order chi connectivity index (χ1) is 14.2. The molecule has 2 heterocycles. The average Bonchev–Trinajstić information content (AvgIpc) is 2.92. The summed E-state index contributed by atoms with van der Waals surface area (Å²) in [4.78, 5) is 57.2. The molecule has 1 aromatic rings. The van der Waals surface area contributed by atoms with Crippen molar-refractivity contribution in [2.75, 3.05) is 19.6 Å². The summed E-state index contributed by atoms with van der Waals surface area (Å²) in [6, 6.07) is 5.14. The van der Waals surface area contributed by atoms with Gasteiger partial charge in [0.25, 0.3) is 11.8 Å². The van der Waals surface area contributed by atoms with Crippen LogP contribution in [0.3, 0.4) is 0 Å². The second-order valence-electron chi connectivity index (χ2n) is 8.42. The molecule has 2 aliphatic rings. The van der Waals surface area contributed by atoms with Gasteiger partial charge in [-0.1, -0.05) is 23.6 Å². The van der Waals surface area contributed by atoms with Crippen LogP contribution < -0.4 is 5.32 Å². The van der Waals surface area contributed by atoms with Crippen molar-refractivity contribution in [2.45, 2.75) is 51.7 Å². The summed E-state index contributed by atoms with van der Waals surface area (Å²) in [6.45, 7) is 6.90. The van der Waals surface area contributed by atoms with Crippen molar-refractivity contribution in [3.8, 4) is 0 Å². The maximum Gasteiger partial charge on any atom is 0.408 e. The van der Waals surface area contributed by atoms with Gasteiger partial charge < -0.3 is 19.8 Å². The maximum absolute atomic E-state index is 12.9. The summed E-state index contributed by atoms with van der Waals surface area (Å²) >= 11 is 0. The first kappa shape index (κ1) is 21.8. The summed E-state index contributed by atoms with van der Waals surface area (Å²) in [5.74, 6) is -2.32. The van der Waals surface area contributed by atoms with Crippen LogP contribution in [0.15, 0.2) is 24.3 Å². The normalized spacial score (nSPS) is 18.0. The van der Waals surface area contributed by atoms with Crippen molar-refractivity contribution in [1.82, 2.24) is 15.3 Å². The van der Waals surface area contributed by atoms with Gasteiger partial charge in [0.15, 0.2) is 0 Å². The van der Waals surface area contributed by atoms with E-state index in [1.54, 1.807) is 32.9 Å². The highest BCUT2D eigenvalue weighted by molar-refractivity contribution is 6.20. The number of nitrogens with one attached hydrogen (secondary N) is 1. The third kappa shape index (κ3) is 5.15. The molecule has 1 saturated heterocycles. The minimum absolute atomic E-state index is 0.169. The fourth-order valence-electron chi connectivity index (χ4n) is 3.43. The van der Waals surface area contributed by atoms with E-state index in [-0.39, 0.29) is 17.7 Å². The van der Waals surface area contributed by atoms with Gasteiger partial charge in [0.1, 0.15) is 11.6 Å². The number of ether oxygens (including phenoxy) is 1. The van der Waals surface area contributed by atoms with Crippen LogP contribution in [0.25, 0.3) is 0 Å². The minimum Gasteiger partial charge on any atom is -0.444 e. The van der Waals surface area contributed by atoms with Crippen LogP contribution in [0.1, 0.15) is 60.7 Å². The largest absolute Gasteiger partial charge is 0.444 e. The van der Waals surface area contributed by atoms with Crippen molar-refractivity contribution in [3.05, 3.63) is 35.4 Å². The topological polar surface area (TPSA) is 105 Å². The zero-order valence-electron chi connectivity index (χ0n) is 17.5. The predicted molar refractivity (Wildman–Crippen MR) is 106 cm³/mol. The van der Waals surface area contributed by atoms with E-state index in [1.807, 2.05) is 4.90 Å². The molecule has 9 heteroatoms. The lowest BCUT2D eigenvalue weighted by molar-refractivity contribution is -0.171. The number of alkyl carbamates (subject to hydrolysis) is 1. The van der Waals surface area contributed by atoms with E-state index < -0.39 is 35.5 Å². The molecule has 2 aliphatic heterocycles. The molecule has 3 amide bonds. The third-order valence-electron chi connectivity index (χ3n) is 4.80. The van der Waals surface area contributed by atoms with Crippen molar-refractivity contribution < 1.29 is 28.8 Å². The number of carbonyl (C=O) groups excluding carboxylic acids is 4. The molecule has 1 N–H and O–H groups in total. The highest BCUT2D eigenvalue weighted by Crippen LogP contribution is 2.23. The minimum atomic E-state index is -1.10. The van der Waals surface area contributed by atoms with Crippen LogP contribution in [-0.2, 0) is 14.4 Å². The molecular formula is C21H27N3O6. The quantitative estimate of drug-likeness (QED) is 0.732. The van der Waals surface area contributed by atoms with Gasteiger partial charge in [-0.3, -0.25) is 9.59 Å². The first-order valence-electron chi connectivity index (χ1n) is 10.1.